The summed E-state index contributed by atoms with van der Waals surface area (Å²) in [5.74, 6) is -1.59. The topological polar surface area (TPSA) is 59.4 Å². The fourth-order valence-corrected chi connectivity index (χ4v) is 2.52. The zero-order valence-electron chi connectivity index (χ0n) is 14.7. The molecule has 2 atom stereocenters. The zero-order valence-corrected chi connectivity index (χ0v) is 14.7. The summed E-state index contributed by atoms with van der Waals surface area (Å²) in [6.45, 7) is 1.47. The fraction of sp³-hybridized carbons (Fsp3) is 0.300. The highest BCUT2D eigenvalue weighted by Crippen LogP contribution is 2.30. The summed E-state index contributed by atoms with van der Waals surface area (Å²) in [4.78, 5) is 16.4. The van der Waals surface area contributed by atoms with Gasteiger partial charge in [0.15, 0.2) is 0 Å². The van der Waals surface area contributed by atoms with Gasteiger partial charge in [0.2, 0.25) is 0 Å². The van der Waals surface area contributed by atoms with E-state index < -0.39 is 29.7 Å². The smallest absolute Gasteiger partial charge is 0.416 e. The maximum Gasteiger partial charge on any atom is 0.416 e. The molecule has 0 radical (unpaired) electrons. The molecule has 7 heteroatoms. The number of aliphatic hydroxyl groups is 1. The quantitative estimate of drug-likeness (QED) is 0.570. The second-order valence-electron chi connectivity index (χ2n) is 5.95. The number of carbonyl (C=O) groups excluding carboxylic acids is 1. The highest BCUT2D eigenvalue weighted by Gasteiger charge is 2.31. The molecule has 2 unspecified atom stereocenters. The predicted octanol–water partition coefficient (Wildman–Crippen LogP) is 4.46. The number of ether oxygens (including phenoxy) is 1. The molecule has 1 aromatic carbocycles. The second kappa shape index (κ2) is 9.32. The Labute approximate surface area is 155 Å². The number of nitrogens with zero attached hydrogens (tertiary/aromatic N) is 1. The molecule has 2 rings (SSSR count). The van der Waals surface area contributed by atoms with Crippen LogP contribution < -0.4 is 0 Å². The highest BCUT2D eigenvalue weighted by atomic mass is 19.4. The van der Waals surface area contributed by atoms with E-state index in [0.29, 0.717) is 5.56 Å². The van der Waals surface area contributed by atoms with Gasteiger partial charge in [0.05, 0.1) is 17.6 Å². The van der Waals surface area contributed by atoms with Gasteiger partial charge >= 0.3 is 12.1 Å². The summed E-state index contributed by atoms with van der Waals surface area (Å²) < 4.78 is 43.5. The van der Waals surface area contributed by atoms with Crippen LogP contribution in [0.25, 0.3) is 0 Å². The molecule has 0 aliphatic carbocycles. The Bertz CT molecular complexity index is 776. The Morgan fingerprint density at radius 2 is 2.07 bits per heavy atom. The minimum Gasteiger partial charge on any atom is -0.461 e. The van der Waals surface area contributed by atoms with E-state index in [2.05, 4.69) is 4.98 Å². The van der Waals surface area contributed by atoms with Gasteiger partial charge < -0.3 is 9.84 Å². The molecular formula is C20H20F3NO3. The molecule has 0 fully saturated rings. The number of hydrogen-bond acceptors (Lipinski definition) is 4. The number of halogens is 3. The number of carbonyl (C=O) groups is 1. The Kier molecular flexibility index (Phi) is 7.12. The minimum absolute atomic E-state index is 0.221. The number of pyridine rings is 1. The van der Waals surface area contributed by atoms with Crippen LogP contribution in [0.2, 0.25) is 0 Å². The molecule has 0 spiro atoms. The van der Waals surface area contributed by atoms with E-state index in [1.165, 1.54) is 18.3 Å². The molecule has 4 nitrogen and oxygen atoms in total. The Hall–Kier alpha value is -2.67. The standard InChI is InChI=1S/C20H20F3NO3/c1-2-3-9-17(18(25)15-7-5-10-24-12-15)19(26)27-13-14-6-4-8-16(11-14)20(21,22)23/h2-8,10-12,17-18,25H,9,13H2,1H3/b3-2-. The van der Waals surface area contributed by atoms with Crippen LogP contribution in [0.5, 0.6) is 0 Å². The number of allylic oxidation sites excluding steroid dienone is 2. The third-order valence-corrected chi connectivity index (χ3v) is 3.97. The molecule has 0 aliphatic rings. The van der Waals surface area contributed by atoms with Gasteiger partial charge in [0.25, 0.3) is 0 Å². The van der Waals surface area contributed by atoms with Crippen LogP contribution in [0.3, 0.4) is 0 Å². The molecule has 27 heavy (non-hydrogen) atoms. The number of alkyl halides is 3. The summed E-state index contributed by atoms with van der Waals surface area (Å²) in [5, 5.41) is 10.5. The number of aliphatic hydroxyl groups excluding tert-OH is 1. The molecule has 1 N–H and O–H groups in total. The van der Waals surface area contributed by atoms with Gasteiger partial charge in [0.1, 0.15) is 6.61 Å². The maximum absolute atomic E-state index is 12.8. The Morgan fingerprint density at radius 1 is 1.30 bits per heavy atom. The van der Waals surface area contributed by atoms with Gasteiger partial charge in [-0.1, -0.05) is 30.4 Å². The first-order chi connectivity index (χ1) is 12.8. The van der Waals surface area contributed by atoms with E-state index in [1.54, 1.807) is 37.4 Å². The van der Waals surface area contributed by atoms with Gasteiger partial charge in [-0.05, 0) is 42.7 Å². The van der Waals surface area contributed by atoms with Crippen LogP contribution in [0.15, 0.2) is 60.9 Å². The van der Waals surface area contributed by atoms with Crippen molar-refractivity contribution in [2.24, 2.45) is 5.92 Å². The Balaban J connectivity index is 2.10. The SMILES string of the molecule is C/C=C\CC(C(=O)OCc1cccc(C(F)(F)F)c1)C(O)c1cccnc1. The van der Waals surface area contributed by atoms with Crippen molar-refractivity contribution in [1.29, 1.82) is 0 Å². The van der Waals surface area contributed by atoms with E-state index in [1.807, 2.05) is 0 Å². The van der Waals surface area contributed by atoms with Crippen molar-refractivity contribution in [3.8, 4) is 0 Å². The van der Waals surface area contributed by atoms with Crippen molar-refractivity contribution in [2.75, 3.05) is 0 Å². The van der Waals surface area contributed by atoms with Crippen LogP contribution in [0.1, 0.15) is 36.1 Å². The van der Waals surface area contributed by atoms with E-state index in [-0.39, 0.29) is 18.6 Å². The maximum atomic E-state index is 12.8. The summed E-state index contributed by atoms with van der Waals surface area (Å²) in [5.41, 5.74) is -0.126. The van der Waals surface area contributed by atoms with Crippen LogP contribution in [-0.2, 0) is 22.3 Å². The van der Waals surface area contributed by atoms with Crippen molar-refractivity contribution >= 4 is 5.97 Å². The first-order valence-electron chi connectivity index (χ1n) is 8.35. The monoisotopic (exact) mass is 379 g/mol. The largest absolute Gasteiger partial charge is 0.461 e. The van der Waals surface area contributed by atoms with Gasteiger partial charge in [0, 0.05) is 12.4 Å². The van der Waals surface area contributed by atoms with Crippen molar-refractivity contribution in [2.45, 2.75) is 32.2 Å². The normalized spacial score (nSPS) is 14.1. The van der Waals surface area contributed by atoms with E-state index in [0.717, 1.165) is 12.1 Å². The summed E-state index contributed by atoms with van der Waals surface area (Å²) >= 11 is 0. The molecule has 1 heterocycles. The molecular weight excluding hydrogens is 359 g/mol. The third-order valence-electron chi connectivity index (χ3n) is 3.97. The molecule has 0 amide bonds. The number of esters is 1. The van der Waals surface area contributed by atoms with Gasteiger partial charge in [-0.25, -0.2) is 0 Å². The lowest BCUT2D eigenvalue weighted by atomic mass is 9.93. The molecule has 144 valence electrons. The number of rotatable bonds is 7. The summed E-state index contributed by atoms with van der Waals surface area (Å²) in [6.07, 6.45) is 1.08. The van der Waals surface area contributed by atoms with Crippen molar-refractivity contribution in [3.05, 3.63) is 77.6 Å². The number of hydrogen-bond donors (Lipinski definition) is 1. The van der Waals surface area contributed by atoms with Crippen LogP contribution >= 0.6 is 0 Å². The lowest BCUT2D eigenvalue weighted by molar-refractivity contribution is -0.154. The predicted molar refractivity (Wildman–Crippen MR) is 93.4 cm³/mol. The zero-order chi connectivity index (χ0) is 19.9. The Morgan fingerprint density at radius 3 is 2.70 bits per heavy atom. The van der Waals surface area contributed by atoms with Gasteiger partial charge in [-0.3, -0.25) is 9.78 Å². The summed E-state index contributed by atoms with van der Waals surface area (Å²) in [6, 6.07) is 7.87. The molecule has 2 aromatic rings. The van der Waals surface area contributed by atoms with Crippen LogP contribution in [0.4, 0.5) is 13.2 Å². The average molecular weight is 379 g/mol. The summed E-state index contributed by atoms with van der Waals surface area (Å²) in [7, 11) is 0. The van der Waals surface area contributed by atoms with E-state index in [4.69, 9.17) is 4.74 Å². The first kappa shape index (κ1) is 20.6. The fourth-order valence-electron chi connectivity index (χ4n) is 2.52. The first-order valence-corrected chi connectivity index (χ1v) is 8.35. The van der Waals surface area contributed by atoms with E-state index >= 15 is 0 Å². The number of aromatic nitrogens is 1. The molecule has 1 aromatic heterocycles. The second-order valence-corrected chi connectivity index (χ2v) is 5.95. The van der Waals surface area contributed by atoms with E-state index in [9.17, 15) is 23.1 Å². The van der Waals surface area contributed by atoms with Crippen LogP contribution in [-0.4, -0.2) is 16.1 Å². The van der Waals surface area contributed by atoms with Crippen molar-refractivity contribution in [3.63, 3.8) is 0 Å². The van der Waals surface area contributed by atoms with Crippen molar-refractivity contribution < 1.29 is 27.8 Å². The van der Waals surface area contributed by atoms with Gasteiger partial charge in [-0.15, -0.1) is 0 Å². The van der Waals surface area contributed by atoms with Gasteiger partial charge in [-0.2, -0.15) is 13.2 Å². The lowest BCUT2D eigenvalue weighted by Crippen LogP contribution is -2.24. The minimum atomic E-state index is -4.47. The molecule has 0 bridgehead atoms. The third kappa shape index (κ3) is 5.92. The van der Waals surface area contributed by atoms with Crippen LogP contribution in [0, 0.1) is 5.92 Å². The highest BCUT2D eigenvalue weighted by molar-refractivity contribution is 5.73. The van der Waals surface area contributed by atoms with Crippen molar-refractivity contribution in [1.82, 2.24) is 4.98 Å². The molecule has 0 aliphatic heterocycles. The molecule has 0 saturated carbocycles. The average Bonchev–Trinajstić information content (AvgIpc) is 2.66. The number of benzene rings is 1. The lowest BCUT2D eigenvalue weighted by Gasteiger charge is -2.20. The molecule has 0 saturated heterocycles.